The maximum absolute atomic E-state index is 12.0. The molecule has 3 heterocycles. The lowest BCUT2D eigenvalue weighted by Gasteiger charge is -2.17. The second kappa shape index (κ2) is 12.4. The zero-order chi connectivity index (χ0) is 27.0. The van der Waals surface area contributed by atoms with Crippen molar-refractivity contribution < 1.29 is 4.79 Å². The topological polar surface area (TPSA) is 118 Å². The Bertz CT molecular complexity index is 1530. The SMILES string of the molecule is N#C/N=C(\NCc1cnc(N2CCc3c(-c4cccc(NC(=O)CCCl)c4)cccc32)s1)Nc1ccncc1. The molecule has 0 unspecified atom stereocenters. The van der Waals surface area contributed by atoms with Crippen LogP contribution in [-0.2, 0) is 17.8 Å². The Hall–Kier alpha value is -4.46. The molecule has 196 valence electrons. The largest absolute Gasteiger partial charge is 0.350 e. The highest BCUT2D eigenvalue weighted by molar-refractivity contribution is 7.15. The van der Waals surface area contributed by atoms with Gasteiger partial charge in [0, 0.05) is 59.4 Å². The maximum atomic E-state index is 12.0. The minimum absolute atomic E-state index is 0.0974. The van der Waals surface area contributed by atoms with Gasteiger partial charge in [0.2, 0.25) is 18.1 Å². The summed E-state index contributed by atoms with van der Waals surface area (Å²) in [5, 5.41) is 19.2. The second-order valence-corrected chi connectivity index (χ2v) is 10.1. The van der Waals surface area contributed by atoms with Gasteiger partial charge in [0.05, 0.1) is 6.54 Å². The van der Waals surface area contributed by atoms with Gasteiger partial charge in [-0.05, 0) is 53.4 Å². The van der Waals surface area contributed by atoms with Gasteiger partial charge in [-0.2, -0.15) is 5.26 Å². The number of fused-ring (bicyclic) bond motifs is 1. The number of halogens is 1. The number of thiazole rings is 1. The number of aromatic nitrogens is 2. The standard InChI is InChI=1S/C28H25ClN8OS/c29-11-7-26(38)35-21-4-1-3-19(15-21)23-5-2-6-25-24(23)10-14-37(25)28-33-17-22(39-28)16-32-27(34-18-30)36-20-8-12-31-13-9-20/h1-6,8-9,12-13,15,17H,7,10-11,14,16H2,(H,35,38)(H2,31,32,34,36). The lowest BCUT2D eigenvalue weighted by atomic mass is 9.97. The molecular weight excluding hydrogens is 532 g/mol. The van der Waals surface area contributed by atoms with Crippen LogP contribution in [0.2, 0.25) is 0 Å². The number of anilines is 4. The van der Waals surface area contributed by atoms with Crippen LogP contribution in [0.4, 0.5) is 22.2 Å². The average Bonchev–Trinajstić information content (AvgIpc) is 3.60. The Balaban J connectivity index is 1.30. The summed E-state index contributed by atoms with van der Waals surface area (Å²) in [7, 11) is 0. The predicted molar refractivity (Wildman–Crippen MR) is 156 cm³/mol. The Kier molecular flexibility index (Phi) is 8.31. The fraction of sp³-hybridized carbons (Fsp3) is 0.179. The third-order valence-electron chi connectivity index (χ3n) is 6.11. The van der Waals surface area contributed by atoms with Gasteiger partial charge < -0.3 is 20.9 Å². The molecule has 0 spiro atoms. The van der Waals surface area contributed by atoms with Crippen LogP contribution in [0.25, 0.3) is 11.1 Å². The lowest BCUT2D eigenvalue weighted by molar-refractivity contribution is -0.115. The van der Waals surface area contributed by atoms with E-state index in [0.717, 1.165) is 51.2 Å². The van der Waals surface area contributed by atoms with Crippen LogP contribution in [0.1, 0.15) is 16.9 Å². The van der Waals surface area contributed by atoms with Crippen LogP contribution in [0.15, 0.2) is 78.2 Å². The maximum Gasteiger partial charge on any atom is 0.225 e. The van der Waals surface area contributed by atoms with Crippen LogP contribution in [0, 0.1) is 11.5 Å². The zero-order valence-electron chi connectivity index (χ0n) is 20.9. The van der Waals surface area contributed by atoms with Crippen molar-refractivity contribution in [1.82, 2.24) is 15.3 Å². The predicted octanol–water partition coefficient (Wildman–Crippen LogP) is 5.51. The quantitative estimate of drug-likeness (QED) is 0.113. The van der Waals surface area contributed by atoms with E-state index in [2.05, 4.69) is 60.1 Å². The number of alkyl halides is 1. The van der Waals surface area contributed by atoms with Crippen LogP contribution in [0.5, 0.6) is 0 Å². The highest BCUT2D eigenvalue weighted by Crippen LogP contribution is 2.41. The Morgan fingerprint density at radius 1 is 1.13 bits per heavy atom. The number of guanidine groups is 1. The monoisotopic (exact) mass is 556 g/mol. The molecule has 2 aromatic carbocycles. The molecule has 5 rings (SSSR count). The summed E-state index contributed by atoms with van der Waals surface area (Å²) in [6.45, 7) is 1.29. The molecule has 0 aliphatic carbocycles. The molecule has 39 heavy (non-hydrogen) atoms. The number of nitriles is 1. The highest BCUT2D eigenvalue weighted by atomic mass is 35.5. The summed E-state index contributed by atoms with van der Waals surface area (Å²) in [6, 6.07) is 17.8. The van der Waals surface area contributed by atoms with Gasteiger partial charge in [0.1, 0.15) is 0 Å². The summed E-state index contributed by atoms with van der Waals surface area (Å²) in [6.07, 6.45) is 8.16. The minimum atomic E-state index is -0.0974. The number of amides is 1. The van der Waals surface area contributed by atoms with Crippen molar-refractivity contribution in [3.8, 4) is 17.3 Å². The van der Waals surface area contributed by atoms with Gasteiger partial charge in [-0.3, -0.25) is 9.78 Å². The molecular formula is C28H25ClN8OS. The molecule has 4 aromatic rings. The number of hydrogen-bond acceptors (Lipinski definition) is 7. The van der Waals surface area contributed by atoms with E-state index in [1.807, 2.05) is 30.6 Å². The number of carbonyl (C=O) groups excluding carboxylic acids is 1. The zero-order valence-corrected chi connectivity index (χ0v) is 22.5. The van der Waals surface area contributed by atoms with Crippen molar-refractivity contribution >= 4 is 57.0 Å². The van der Waals surface area contributed by atoms with Gasteiger partial charge in [-0.1, -0.05) is 35.6 Å². The van der Waals surface area contributed by atoms with E-state index < -0.39 is 0 Å². The number of carbonyl (C=O) groups is 1. The summed E-state index contributed by atoms with van der Waals surface area (Å²) in [5.74, 6) is 0.551. The normalized spacial score (nSPS) is 12.5. The fourth-order valence-electron chi connectivity index (χ4n) is 4.39. The van der Waals surface area contributed by atoms with Gasteiger partial charge in [0.15, 0.2) is 5.13 Å². The molecule has 0 saturated carbocycles. The molecule has 0 atom stereocenters. The number of nitrogens with one attached hydrogen (secondary N) is 3. The minimum Gasteiger partial charge on any atom is -0.350 e. The molecule has 1 amide bonds. The van der Waals surface area contributed by atoms with E-state index in [0.29, 0.717) is 18.4 Å². The van der Waals surface area contributed by atoms with Crippen LogP contribution in [0.3, 0.4) is 0 Å². The van der Waals surface area contributed by atoms with E-state index in [1.165, 1.54) is 5.56 Å². The van der Waals surface area contributed by atoms with Crippen molar-refractivity contribution in [3.63, 3.8) is 0 Å². The third kappa shape index (κ3) is 6.34. The molecule has 2 aromatic heterocycles. The number of rotatable bonds is 8. The summed E-state index contributed by atoms with van der Waals surface area (Å²) < 4.78 is 0. The van der Waals surface area contributed by atoms with Gasteiger partial charge >= 0.3 is 0 Å². The first-order valence-corrected chi connectivity index (χ1v) is 13.7. The van der Waals surface area contributed by atoms with Crippen molar-refractivity contribution in [2.24, 2.45) is 4.99 Å². The van der Waals surface area contributed by atoms with Gasteiger partial charge in [-0.15, -0.1) is 16.6 Å². The molecule has 0 bridgehead atoms. The highest BCUT2D eigenvalue weighted by Gasteiger charge is 2.25. The molecule has 0 fully saturated rings. The van der Waals surface area contributed by atoms with E-state index in [9.17, 15) is 4.79 Å². The first-order chi connectivity index (χ1) is 19.1. The molecule has 1 aliphatic heterocycles. The number of nitrogens with zero attached hydrogens (tertiary/aromatic N) is 5. The smallest absolute Gasteiger partial charge is 0.225 e. The number of benzene rings is 2. The Labute approximate surface area is 235 Å². The van der Waals surface area contributed by atoms with E-state index in [4.69, 9.17) is 16.9 Å². The Morgan fingerprint density at radius 2 is 1.97 bits per heavy atom. The van der Waals surface area contributed by atoms with Gasteiger partial charge in [0.25, 0.3) is 0 Å². The molecule has 0 saturated heterocycles. The van der Waals surface area contributed by atoms with Crippen LogP contribution < -0.4 is 20.9 Å². The van der Waals surface area contributed by atoms with Crippen LogP contribution >= 0.6 is 22.9 Å². The number of pyridine rings is 1. The van der Waals surface area contributed by atoms with E-state index in [1.54, 1.807) is 35.9 Å². The summed E-state index contributed by atoms with van der Waals surface area (Å²) in [5.41, 5.74) is 6.11. The van der Waals surface area contributed by atoms with E-state index in [-0.39, 0.29) is 12.3 Å². The second-order valence-electron chi connectivity index (χ2n) is 8.66. The summed E-state index contributed by atoms with van der Waals surface area (Å²) >= 11 is 7.29. The van der Waals surface area contributed by atoms with Gasteiger partial charge in [-0.25, -0.2) is 4.98 Å². The number of hydrogen-bond donors (Lipinski definition) is 3. The molecule has 9 nitrogen and oxygen atoms in total. The lowest BCUT2D eigenvalue weighted by Crippen LogP contribution is -2.29. The van der Waals surface area contributed by atoms with Crippen molar-refractivity contribution in [2.75, 3.05) is 28.0 Å². The summed E-state index contributed by atoms with van der Waals surface area (Å²) in [4.78, 5) is 27.8. The fourth-order valence-corrected chi connectivity index (χ4v) is 5.45. The molecule has 11 heteroatoms. The molecule has 1 aliphatic rings. The van der Waals surface area contributed by atoms with E-state index >= 15 is 0 Å². The molecule has 0 radical (unpaired) electrons. The average molecular weight is 557 g/mol. The third-order valence-corrected chi connectivity index (χ3v) is 7.32. The number of aliphatic imine (C=N–C) groups is 1. The first-order valence-electron chi connectivity index (χ1n) is 12.3. The van der Waals surface area contributed by atoms with Crippen molar-refractivity contribution in [3.05, 3.63) is 83.6 Å². The van der Waals surface area contributed by atoms with Crippen molar-refractivity contribution in [2.45, 2.75) is 19.4 Å². The van der Waals surface area contributed by atoms with Crippen LogP contribution in [-0.4, -0.2) is 34.3 Å². The van der Waals surface area contributed by atoms with Crippen molar-refractivity contribution in [1.29, 1.82) is 5.26 Å². The molecule has 3 N–H and O–H groups in total. The first kappa shape index (κ1) is 26.2. The Morgan fingerprint density at radius 3 is 2.79 bits per heavy atom.